The molecule has 17 heavy (non-hydrogen) atoms. The van der Waals surface area contributed by atoms with Crippen molar-refractivity contribution in [1.82, 2.24) is 5.32 Å². The molecule has 0 radical (unpaired) electrons. The molecule has 1 N–H and O–H groups in total. The van der Waals surface area contributed by atoms with Gasteiger partial charge in [0, 0.05) is 11.3 Å². The van der Waals surface area contributed by atoms with E-state index in [0.717, 1.165) is 30.4 Å². The molecule has 0 aliphatic rings. The summed E-state index contributed by atoms with van der Waals surface area (Å²) >= 11 is 0. The first-order valence-corrected chi connectivity index (χ1v) is 6.07. The van der Waals surface area contributed by atoms with E-state index < -0.39 is 0 Å². The van der Waals surface area contributed by atoms with Crippen LogP contribution in [0.4, 0.5) is 0 Å². The Morgan fingerprint density at radius 2 is 2.00 bits per heavy atom. The zero-order chi connectivity index (χ0) is 12.8. The van der Waals surface area contributed by atoms with Crippen LogP contribution in [0.5, 0.6) is 0 Å². The van der Waals surface area contributed by atoms with E-state index >= 15 is 0 Å². The highest BCUT2D eigenvalue weighted by Crippen LogP contribution is 2.20. The number of hydrogen-bond acceptors (Lipinski definition) is 2. The van der Waals surface area contributed by atoms with E-state index in [-0.39, 0.29) is 6.04 Å². The maximum atomic E-state index is 10.9. The van der Waals surface area contributed by atoms with Crippen LogP contribution < -0.4 is 5.32 Å². The van der Waals surface area contributed by atoms with Crippen LogP contribution in [-0.2, 0) is 4.79 Å². The molecule has 0 aliphatic carbocycles. The molecule has 0 spiro atoms. The van der Waals surface area contributed by atoms with Crippen LogP contribution in [0.1, 0.15) is 36.5 Å². The van der Waals surface area contributed by atoms with Crippen molar-refractivity contribution in [3.63, 3.8) is 0 Å². The monoisotopic (exact) mass is 231 g/mol. The average Bonchev–Trinajstić information content (AvgIpc) is 2.28. The largest absolute Gasteiger partial charge is 0.376 e. The van der Waals surface area contributed by atoms with Gasteiger partial charge >= 0.3 is 0 Å². The first kappa shape index (κ1) is 13.5. The Kier molecular flexibility index (Phi) is 4.95. The SMILES string of the molecule is C=C(NC(C=O)CCC)c1c(C)cccc1C. The normalized spacial score (nSPS) is 11.9. The van der Waals surface area contributed by atoms with Gasteiger partial charge in [-0.05, 0) is 31.4 Å². The molecule has 0 saturated carbocycles. The summed E-state index contributed by atoms with van der Waals surface area (Å²) in [5.41, 5.74) is 4.33. The maximum Gasteiger partial charge on any atom is 0.142 e. The van der Waals surface area contributed by atoms with Gasteiger partial charge in [0.05, 0.1) is 6.04 Å². The van der Waals surface area contributed by atoms with Gasteiger partial charge in [0.25, 0.3) is 0 Å². The van der Waals surface area contributed by atoms with Gasteiger partial charge in [-0.1, -0.05) is 38.1 Å². The second-order valence-electron chi connectivity index (χ2n) is 4.42. The molecule has 0 aromatic heterocycles. The predicted octanol–water partition coefficient (Wildman–Crippen LogP) is 3.23. The molecule has 1 rings (SSSR count). The molecule has 0 amide bonds. The number of benzene rings is 1. The first-order valence-electron chi connectivity index (χ1n) is 6.07. The van der Waals surface area contributed by atoms with Gasteiger partial charge in [-0.25, -0.2) is 0 Å². The van der Waals surface area contributed by atoms with Crippen molar-refractivity contribution in [2.45, 2.75) is 39.7 Å². The standard InChI is InChI=1S/C15H21NO/c1-5-7-14(10-17)16-13(4)15-11(2)8-6-9-12(15)3/h6,8-10,14,16H,4-5,7H2,1-3H3. The van der Waals surface area contributed by atoms with Crippen molar-refractivity contribution in [2.24, 2.45) is 0 Å². The third-order valence-electron chi connectivity index (χ3n) is 2.91. The Morgan fingerprint density at radius 3 is 2.47 bits per heavy atom. The van der Waals surface area contributed by atoms with Crippen molar-refractivity contribution in [1.29, 1.82) is 0 Å². The van der Waals surface area contributed by atoms with E-state index in [9.17, 15) is 4.79 Å². The molecular formula is C15H21NO. The lowest BCUT2D eigenvalue weighted by molar-refractivity contribution is -0.109. The lowest BCUT2D eigenvalue weighted by Crippen LogP contribution is -2.29. The molecule has 2 heteroatoms. The summed E-state index contributed by atoms with van der Waals surface area (Å²) in [7, 11) is 0. The van der Waals surface area contributed by atoms with Crippen LogP contribution in [0, 0.1) is 13.8 Å². The van der Waals surface area contributed by atoms with Crippen molar-refractivity contribution in [3.8, 4) is 0 Å². The number of hydrogen-bond donors (Lipinski definition) is 1. The quantitative estimate of drug-likeness (QED) is 0.762. The lowest BCUT2D eigenvalue weighted by Gasteiger charge is -2.18. The second-order valence-corrected chi connectivity index (χ2v) is 4.42. The highest BCUT2D eigenvalue weighted by Gasteiger charge is 2.10. The van der Waals surface area contributed by atoms with Gasteiger partial charge < -0.3 is 10.1 Å². The molecule has 1 atom stereocenters. The molecule has 0 aliphatic heterocycles. The topological polar surface area (TPSA) is 29.1 Å². The molecule has 0 saturated heterocycles. The van der Waals surface area contributed by atoms with Gasteiger partial charge in [0.15, 0.2) is 0 Å². The fourth-order valence-corrected chi connectivity index (χ4v) is 2.07. The summed E-state index contributed by atoms with van der Waals surface area (Å²) < 4.78 is 0. The molecule has 1 unspecified atom stereocenters. The lowest BCUT2D eigenvalue weighted by atomic mass is 10.00. The highest BCUT2D eigenvalue weighted by molar-refractivity contribution is 5.71. The minimum Gasteiger partial charge on any atom is -0.376 e. The Balaban J connectivity index is 2.86. The number of carbonyl (C=O) groups is 1. The molecule has 1 aromatic carbocycles. The molecular weight excluding hydrogens is 210 g/mol. The van der Waals surface area contributed by atoms with E-state index in [4.69, 9.17) is 0 Å². The summed E-state index contributed by atoms with van der Waals surface area (Å²) in [5.74, 6) is 0. The average molecular weight is 231 g/mol. The predicted molar refractivity (Wildman–Crippen MR) is 72.8 cm³/mol. The van der Waals surface area contributed by atoms with Crippen LogP contribution >= 0.6 is 0 Å². The number of rotatable bonds is 6. The Labute approximate surface area is 104 Å². The second kappa shape index (κ2) is 6.24. The van der Waals surface area contributed by atoms with Gasteiger partial charge in [0.1, 0.15) is 6.29 Å². The van der Waals surface area contributed by atoms with Crippen molar-refractivity contribution in [2.75, 3.05) is 0 Å². The zero-order valence-electron chi connectivity index (χ0n) is 10.9. The molecule has 92 valence electrons. The van der Waals surface area contributed by atoms with Crippen LogP contribution in [0.25, 0.3) is 5.70 Å². The van der Waals surface area contributed by atoms with Crippen molar-refractivity contribution < 1.29 is 4.79 Å². The van der Waals surface area contributed by atoms with E-state index in [1.54, 1.807) is 0 Å². The minimum atomic E-state index is -0.133. The minimum absolute atomic E-state index is 0.133. The smallest absolute Gasteiger partial charge is 0.142 e. The Morgan fingerprint density at radius 1 is 1.41 bits per heavy atom. The summed E-state index contributed by atoms with van der Waals surface area (Å²) in [5, 5.41) is 3.20. The number of nitrogens with one attached hydrogen (secondary N) is 1. The number of aryl methyl sites for hydroxylation is 2. The summed E-state index contributed by atoms with van der Waals surface area (Å²) in [6, 6.07) is 6.02. The fraction of sp³-hybridized carbons (Fsp3) is 0.400. The highest BCUT2D eigenvalue weighted by atomic mass is 16.1. The van der Waals surface area contributed by atoms with E-state index in [2.05, 4.69) is 44.8 Å². The molecule has 1 aromatic rings. The first-order chi connectivity index (χ1) is 8.10. The molecule has 0 bridgehead atoms. The summed E-state index contributed by atoms with van der Waals surface area (Å²) in [6.45, 7) is 10.2. The molecule has 0 heterocycles. The van der Waals surface area contributed by atoms with E-state index in [0.29, 0.717) is 0 Å². The van der Waals surface area contributed by atoms with Gasteiger partial charge in [-0.2, -0.15) is 0 Å². The number of carbonyl (C=O) groups excluding carboxylic acids is 1. The van der Waals surface area contributed by atoms with Gasteiger partial charge in [0.2, 0.25) is 0 Å². The van der Waals surface area contributed by atoms with Crippen molar-refractivity contribution >= 4 is 12.0 Å². The van der Waals surface area contributed by atoms with Gasteiger partial charge in [-0.15, -0.1) is 0 Å². The van der Waals surface area contributed by atoms with Crippen molar-refractivity contribution in [3.05, 3.63) is 41.5 Å². The third-order valence-corrected chi connectivity index (χ3v) is 2.91. The Bertz CT molecular complexity index is 389. The van der Waals surface area contributed by atoms with Crippen LogP contribution in [-0.4, -0.2) is 12.3 Å². The van der Waals surface area contributed by atoms with Crippen LogP contribution in [0.3, 0.4) is 0 Å². The molecule has 2 nitrogen and oxygen atoms in total. The summed E-state index contributed by atoms with van der Waals surface area (Å²) in [4.78, 5) is 10.9. The maximum absolute atomic E-state index is 10.9. The Hall–Kier alpha value is -1.57. The fourth-order valence-electron chi connectivity index (χ4n) is 2.07. The van der Waals surface area contributed by atoms with Gasteiger partial charge in [-0.3, -0.25) is 0 Å². The third kappa shape index (κ3) is 3.45. The zero-order valence-corrected chi connectivity index (χ0v) is 10.9. The molecule has 0 fully saturated rings. The number of aldehydes is 1. The summed E-state index contributed by atoms with van der Waals surface area (Å²) in [6.07, 6.45) is 2.78. The van der Waals surface area contributed by atoms with Crippen LogP contribution in [0.2, 0.25) is 0 Å². The van der Waals surface area contributed by atoms with E-state index in [1.165, 1.54) is 11.1 Å². The van der Waals surface area contributed by atoms with E-state index in [1.807, 2.05) is 6.07 Å². The van der Waals surface area contributed by atoms with Crippen LogP contribution in [0.15, 0.2) is 24.8 Å².